The number of benzene rings is 2. The van der Waals surface area contributed by atoms with Gasteiger partial charge < -0.3 is 0 Å². The van der Waals surface area contributed by atoms with Crippen molar-refractivity contribution in [2.45, 2.75) is 37.1 Å². The van der Waals surface area contributed by atoms with Crippen LogP contribution in [0.4, 0.5) is 0 Å². The first-order chi connectivity index (χ1) is 11.4. The van der Waals surface area contributed by atoms with E-state index < -0.39 is 0 Å². The number of H-pyrrole nitrogens is 1. The quantitative estimate of drug-likeness (QED) is 0.607. The molecule has 3 nitrogen and oxygen atoms in total. The maximum Gasteiger partial charge on any atom is 0.209 e. The highest BCUT2D eigenvalue weighted by Gasteiger charge is 2.14. The third kappa shape index (κ3) is 4.00. The van der Waals surface area contributed by atoms with Crippen LogP contribution in [0.25, 0.3) is 11.4 Å². The minimum Gasteiger partial charge on any atom is -0.258 e. The van der Waals surface area contributed by atoms with Gasteiger partial charge in [0.2, 0.25) is 5.16 Å². The lowest BCUT2D eigenvalue weighted by molar-refractivity contribution is 0.590. The first kappa shape index (κ1) is 17.1. The van der Waals surface area contributed by atoms with Crippen molar-refractivity contribution in [3.63, 3.8) is 0 Å². The van der Waals surface area contributed by atoms with E-state index in [0.717, 1.165) is 32.9 Å². The molecule has 0 spiro atoms. The first-order valence-electron chi connectivity index (χ1n) is 7.83. The Balaban J connectivity index is 1.70. The van der Waals surface area contributed by atoms with Gasteiger partial charge in [-0.25, -0.2) is 4.98 Å². The summed E-state index contributed by atoms with van der Waals surface area (Å²) in [4.78, 5) is 4.57. The summed E-state index contributed by atoms with van der Waals surface area (Å²) in [6.07, 6.45) is 0. The monoisotopic (exact) mass is 357 g/mol. The zero-order valence-corrected chi connectivity index (χ0v) is 15.6. The molecule has 0 unspecified atom stereocenters. The highest BCUT2D eigenvalue weighted by Crippen LogP contribution is 2.27. The zero-order valence-electron chi connectivity index (χ0n) is 14.0. The summed E-state index contributed by atoms with van der Waals surface area (Å²) in [5.41, 5.74) is 3.58. The number of nitrogens with zero attached hydrogens (tertiary/aromatic N) is 2. The summed E-state index contributed by atoms with van der Waals surface area (Å²) in [7, 11) is 0. The third-order valence-corrected chi connectivity index (χ3v) is 5.07. The number of aromatic nitrogens is 3. The summed E-state index contributed by atoms with van der Waals surface area (Å²) in [6, 6.07) is 16.3. The van der Waals surface area contributed by atoms with Gasteiger partial charge in [-0.2, -0.15) is 0 Å². The molecule has 3 rings (SSSR count). The fraction of sp³-hybridized carbons (Fsp3) is 0.263. The maximum absolute atomic E-state index is 6.18. The van der Waals surface area contributed by atoms with Crippen LogP contribution < -0.4 is 0 Å². The predicted molar refractivity (Wildman–Crippen MR) is 102 cm³/mol. The van der Waals surface area contributed by atoms with Gasteiger partial charge in [-0.3, -0.25) is 5.10 Å². The molecule has 0 amide bonds. The molecule has 0 fully saturated rings. The molecule has 1 heterocycles. The molecule has 3 aromatic rings. The van der Waals surface area contributed by atoms with Crippen molar-refractivity contribution in [1.82, 2.24) is 15.2 Å². The van der Waals surface area contributed by atoms with Gasteiger partial charge >= 0.3 is 0 Å². The smallest absolute Gasteiger partial charge is 0.209 e. The average Bonchev–Trinajstić information content (AvgIpc) is 3.02. The average molecular weight is 358 g/mol. The number of aromatic amines is 1. The largest absolute Gasteiger partial charge is 0.258 e. The molecule has 5 heteroatoms. The summed E-state index contributed by atoms with van der Waals surface area (Å²) >= 11 is 7.75. The minimum atomic E-state index is 0.149. The van der Waals surface area contributed by atoms with Crippen LogP contribution in [-0.4, -0.2) is 15.2 Å². The van der Waals surface area contributed by atoms with Gasteiger partial charge in [0.05, 0.1) is 0 Å². The zero-order chi connectivity index (χ0) is 17.2. The highest BCUT2D eigenvalue weighted by atomic mass is 35.5. The van der Waals surface area contributed by atoms with Gasteiger partial charge in [0.1, 0.15) is 0 Å². The highest BCUT2D eigenvalue weighted by molar-refractivity contribution is 7.98. The topological polar surface area (TPSA) is 41.6 Å². The fourth-order valence-electron chi connectivity index (χ4n) is 2.33. The SMILES string of the molecule is CC(C)(C)c1ccc(-c2nc(SCc3ccccc3Cl)n[nH]2)cc1. The van der Waals surface area contributed by atoms with Gasteiger partial charge in [-0.1, -0.05) is 86.6 Å². The summed E-state index contributed by atoms with van der Waals surface area (Å²) in [5, 5.41) is 8.81. The number of nitrogens with one attached hydrogen (secondary N) is 1. The van der Waals surface area contributed by atoms with Crippen LogP contribution in [-0.2, 0) is 11.2 Å². The lowest BCUT2D eigenvalue weighted by atomic mass is 9.87. The van der Waals surface area contributed by atoms with Crippen molar-refractivity contribution >= 4 is 23.4 Å². The van der Waals surface area contributed by atoms with Crippen molar-refractivity contribution in [2.24, 2.45) is 0 Å². The van der Waals surface area contributed by atoms with Gasteiger partial charge in [-0.05, 0) is 22.6 Å². The Morgan fingerprint density at radius 3 is 2.42 bits per heavy atom. The Morgan fingerprint density at radius 2 is 1.75 bits per heavy atom. The normalized spacial score (nSPS) is 11.7. The Morgan fingerprint density at radius 1 is 1.04 bits per heavy atom. The van der Waals surface area contributed by atoms with Crippen molar-refractivity contribution in [3.8, 4) is 11.4 Å². The van der Waals surface area contributed by atoms with E-state index >= 15 is 0 Å². The summed E-state index contributed by atoms with van der Waals surface area (Å²) in [5.74, 6) is 1.54. The molecule has 0 aliphatic carbocycles. The van der Waals surface area contributed by atoms with Gasteiger partial charge in [0.25, 0.3) is 0 Å². The van der Waals surface area contributed by atoms with E-state index in [1.54, 1.807) is 11.8 Å². The molecular weight excluding hydrogens is 338 g/mol. The van der Waals surface area contributed by atoms with E-state index in [2.05, 4.69) is 60.2 Å². The Bertz CT molecular complexity index is 819. The molecule has 2 aromatic carbocycles. The van der Waals surface area contributed by atoms with E-state index in [4.69, 9.17) is 11.6 Å². The second-order valence-electron chi connectivity index (χ2n) is 6.67. The van der Waals surface area contributed by atoms with Gasteiger partial charge in [-0.15, -0.1) is 5.10 Å². The molecule has 1 aromatic heterocycles. The number of halogens is 1. The van der Waals surface area contributed by atoms with Crippen molar-refractivity contribution in [3.05, 3.63) is 64.7 Å². The van der Waals surface area contributed by atoms with E-state index in [0.29, 0.717) is 0 Å². The van der Waals surface area contributed by atoms with Gasteiger partial charge in [0, 0.05) is 16.3 Å². The molecule has 0 saturated carbocycles. The van der Waals surface area contributed by atoms with Crippen LogP contribution in [0.3, 0.4) is 0 Å². The van der Waals surface area contributed by atoms with E-state index in [1.165, 1.54) is 5.56 Å². The van der Waals surface area contributed by atoms with Crippen LogP contribution in [0.2, 0.25) is 5.02 Å². The Kier molecular flexibility index (Phi) is 4.97. The molecule has 0 aliphatic heterocycles. The number of rotatable bonds is 4. The summed E-state index contributed by atoms with van der Waals surface area (Å²) in [6.45, 7) is 6.62. The molecule has 0 radical (unpaired) electrons. The lowest BCUT2D eigenvalue weighted by Gasteiger charge is -2.18. The Hall–Kier alpha value is -1.78. The van der Waals surface area contributed by atoms with Crippen LogP contribution >= 0.6 is 23.4 Å². The molecule has 0 atom stereocenters. The molecule has 1 N–H and O–H groups in total. The number of thioether (sulfide) groups is 1. The van der Waals surface area contributed by atoms with Crippen LogP contribution in [0.15, 0.2) is 53.7 Å². The second-order valence-corrected chi connectivity index (χ2v) is 8.02. The maximum atomic E-state index is 6.18. The number of hydrogen-bond acceptors (Lipinski definition) is 3. The molecule has 124 valence electrons. The molecular formula is C19H20ClN3S. The van der Waals surface area contributed by atoms with Crippen molar-refractivity contribution in [2.75, 3.05) is 0 Å². The van der Waals surface area contributed by atoms with Crippen molar-refractivity contribution < 1.29 is 0 Å². The molecule has 0 saturated heterocycles. The fourth-order valence-corrected chi connectivity index (χ4v) is 3.41. The Labute approximate surface area is 151 Å². The van der Waals surface area contributed by atoms with E-state index in [1.807, 2.05) is 24.3 Å². The van der Waals surface area contributed by atoms with Gasteiger partial charge in [0.15, 0.2) is 5.82 Å². The molecule has 0 bridgehead atoms. The van der Waals surface area contributed by atoms with Crippen LogP contribution in [0.5, 0.6) is 0 Å². The first-order valence-corrected chi connectivity index (χ1v) is 9.19. The standard InChI is InChI=1S/C19H20ClN3S/c1-19(2,3)15-10-8-13(9-11-15)17-21-18(23-22-17)24-12-14-6-4-5-7-16(14)20/h4-11H,12H2,1-3H3,(H,21,22,23). The van der Waals surface area contributed by atoms with Crippen LogP contribution in [0.1, 0.15) is 31.9 Å². The van der Waals surface area contributed by atoms with E-state index in [9.17, 15) is 0 Å². The lowest BCUT2D eigenvalue weighted by Crippen LogP contribution is -2.10. The second kappa shape index (κ2) is 6.99. The summed E-state index contributed by atoms with van der Waals surface area (Å²) < 4.78 is 0. The number of hydrogen-bond donors (Lipinski definition) is 1. The molecule has 24 heavy (non-hydrogen) atoms. The van der Waals surface area contributed by atoms with E-state index in [-0.39, 0.29) is 5.41 Å². The molecule has 0 aliphatic rings. The van der Waals surface area contributed by atoms with Crippen molar-refractivity contribution in [1.29, 1.82) is 0 Å². The third-order valence-electron chi connectivity index (χ3n) is 3.80. The predicted octanol–water partition coefficient (Wildman–Crippen LogP) is 5.71. The van der Waals surface area contributed by atoms with Crippen LogP contribution in [0, 0.1) is 0 Å². The minimum absolute atomic E-state index is 0.149.